The Morgan fingerprint density at radius 3 is 2.33 bits per heavy atom. The summed E-state index contributed by atoms with van der Waals surface area (Å²) in [6.07, 6.45) is -0.0199. The highest BCUT2D eigenvalue weighted by molar-refractivity contribution is 5.81. The second-order valence-corrected chi connectivity index (χ2v) is 3.66. The molecule has 0 aromatic heterocycles. The molecule has 0 radical (unpaired) electrons. The molecule has 0 aliphatic rings. The Morgan fingerprint density at radius 2 is 1.93 bits per heavy atom. The molecule has 1 atom stereocenters. The number of carbonyl (C=O) groups is 2. The predicted octanol–water partition coefficient (Wildman–Crippen LogP) is 0.0522. The van der Waals surface area contributed by atoms with Crippen molar-refractivity contribution in [3.63, 3.8) is 0 Å². The van der Waals surface area contributed by atoms with Crippen molar-refractivity contribution in [2.75, 3.05) is 13.7 Å². The maximum Gasteiger partial charge on any atom is 0.249 e. The van der Waals surface area contributed by atoms with Crippen molar-refractivity contribution in [1.29, 1.82) is 0 Å². The number of methoxy groups -OCH3 is 1. The summed E-state index contributed by atoms with van der Waals surface area (Å²) in [5.74, 6) is -0.244. The van der Waals surface area contributed by atoms with Gasteiger partial charge in [0.15, 0.2) is 0 Å². The third kappa shape index (κ3) is 6.90. The Hall–Kier alpha value is -1.10. The summed E-state index contributed by atoms with van der Waals surface area (Å²) in [5.41, 5.74) is 0. The van der Waals surface area contributed by atoms with Crippen molar-refractivity contribution < 1.29 is 14.3 Å². The second-order valence-electron chi connectivity index (χ2n) is 3.66. The molecule has 0 unspecified atom stereocenters. The SMILES string of the molecule is CO[C@H](CCNC(C)=O)C(=O)NC(C)C. The van der Waals surface area contributed by atoms with Gasteiger partial charge in [-0.1, -0.05) is 0 Å². The van der Waals surface area contributed by atoms with Gasteiger partial charge in [-0.2, -0.15) is 0 Å². The molecule has 0 bridgehead atoms. The highest BCUT2D eigenvalue weighted by Gasteiger charge is 2.17. The van der Waals surface area contributed by atoms with Gasteiger partial charge >= 0.3 is 0 Å². The summed E-state index contributed by atoms with van der Waals surface area (Å²) < 4.78 is 5.03. The topological polar surface area (TPSA) is 67.4 Å². The van der Waals surface area contributed by atoms with E-state index < -0.39 is 6.10 Å². The Kier molecular flexibility index (Phi) is 6.70. The maximum absolute atomic E-state index is 11.5. The van der Waals surface area contributed by atoms with Gasteiger partial charge in [0.1, 0.15) is 6.10 Å². The van der Waals surface area contributed by atoms with Crippen LogP contribution in [0.1, 0.15) is 27.2 Å². The van der Waals surface area contributed by atoms with Crippen LogP contribution in [0.4, 0.5) is 0 Å². The molecule has 5 heteroatoms. The van der Waals surface area contributed by atoms with E-state index in [2.05, 4.69) is 10.6 Å². The van der Waals surface area contributed by atoms with Gasteiger partial charge in [-0.15, -0.1) is 0 Å². The van der Waals surface area contributed by atoms with Crippen LogP contribution in [0.25, 0.3) is 0 Å². The van der Waals surface area contributed by atoms with Crippen LogP contribution >= 0.6 is 0 Å². The Bertz CT molecular complexity index is 217. The molecule has 0 aromatic carbocycles. The lowest BCUT2D eigenvalue weighted by Crippen LogP contribution is -2.41. The van der Waals surface area contributed by atoms with Crippen LogP contribution in [0.15, 0.2) is 0 Å². The fourth-order valence-electron chi connectivity index (χ4n) is 1.11. The molecular weight excluding hydrogens is 196 g/mol. The highest BCUT2D eigenvalue weighted by atomic mass is 16.5. The van der Waals surface area contributed by atoms with Crippen LogP contribution in [-0.2, 0) is 14.3 Å². The van der Waals surface area contributed by atoms with Crippen LogP contribution in [0.5, 0.6) is 0 Å². The number of nitrogens with one attached hydrogen (secondary N) is 2. The van der Waals surface area contributed by atoms with E-state index >= 15 is 0 Å². The van der Waals surface area contributed by atoms with Crippen molar-refractivity contribution in [3.8, 4) is 0 Å². The molecule has 0 rings (SSSR count). The lowest BCUT2D eigenvalue weighted by atomic mass is 10.2. The summed E-state index contributed by atoms with van der Waals surface area (Å²) >= 11 is 0. The van der Waals surface area contributed by atoms with Gasteiger partial charge in [0.05, 0.1) is 0 Å². The molecule has 0 heterocycles. The van der Waals surface area contributed by atoms with Gasteiger partial charge in [-0.05, 0) is 20.3 Å². The minimum Gasteiger partial charge on any atom is -0.372 e. The molecule has 0 aliphatic heterocycles. The molecule has 0 spiro atoms. The second kappa shape index (κ2) is 7.23. The zero-order valence-electron chi connectivity index (χ0n) is 9.79. The molecule has 0 aromatic rings. The largest absolute Gasteiger partial charge is 0.372 e. The van der Waals surface area contributed by atoms with Gasteiger partial charge in [0.2, 0.25) is 11.8 Å². The summed E-state index contributed by atoms with van der Waals surface area (Å²) in [5, 5.41) is 5.37. The zero-order valence-corrected chi connectivity index (χ0v) is 9.79. The Labute approximate surface area is 90.6 Å². The van der Waals surface area contributed by atoms with Crippen molar-refractivity contribution in [3.05, 3.63) is 0 Å². The molecule has 0 fully saturated rings. The van der Waals surface area contributed by atoms with E-state index in [4.69, 9.17) is 4.74 Å². The summed E-state index contributed by atoms with van der Waals surface area (Å²) in [7, 11) is 1.48. The number of hydrogen-bond donors (Lipinski definition) is 2. The summed E-state index contributed by atoms with van der Waals surface area (Å²) in [4.78, 5) is 22.1. The first-order valence-corrected chi connectivity index (χ1v) is 5.05. The van der Waals surface area contributed by atoms with Gasteiger partial charge in [-0.3, -0.25) is 9.59 Å². The third-order valence-electron chi connectivity index (χ3n) is 1.79. The van der Waals surface area contributed by atoms with E-state index in [1.54, 1.807) is 0 Å². The van der Waals surface area contributed by atoms with Crippen molar-refractivity contribution in [2.45, 2.75) is 39.3 Å². The first-order chi connectivity index (χ1) is 6.97. The average Bonchev–Trinajstić information content (AvgIpc) is 2.10. The quantitative estimate of drug-likeness (QED) is 0.659. The van der Waals surface area contributed by atoms with Crippen LogP contribution < -0.4 is 10.6 Å². The molecule has 0 saturated heterocycles. The number of ether oxygens (including phenoxy) is 1. The van der Waals surface area contributed by atoms with Crippen LogP contribution in [-0.4, -0.2) is 37.6 Å². The van der Waals surface area contributed by atoms with Crippen molar-refractivity contribution in [1.82, 2.24) is 10.6 Å². The standard InChI is InChI=1S/C10H20N2O3/c1-7(2)12-10(14)9(15-4)5-6-11-8(3)13/h7,9H,5-6H2,1-4H3,(H,11,13)(H,12,14)/t9-/m1/s1. The number of carbonyl (C=O) groups excluding carboxylic acids is 2. The van der Waals surface area contributed by atoms with E-state index in [9.17, 15) is 9.59 Å². The predicted molar refractivity (Wildman–Crippen MR) is 57.4 cm³/mol. The molecule has 15 heavy (non-hydrogen) atoms. The average molecular weight is 216 g/mol. The monoisotopic (exact) mass is 216 g/mol. The van der Waals surface area contributed by atoms with Crippen molar-refractivity contribution >= 4 is 11.8 Å². The van der Waals surface area contributed by atoms with E-state index in [0.717, 1.165) is 0 Å². The van der Waals surface area contributed by atoms with E-state index in [1.165, 1.54) is 14.0 Å². The van der Waals surface area contributed by atoms with E-state index in [0.29, 0.717) is 13.0 Å². The Balaban J connectivity index is 3.90. The molecule has 2 amide bonds. The minimum absolute atomic E-state index is 0.0934. The lowest BCUT2D eigenvalue weighted by Gasteiger charge is -2.17. The fraction of sp³-hybridized carbons (Fsp3) is 0.800. The molecule has 0 saturated carbocycles. The summed E-state index contributed by atoms with van der Waals surface area (Å²) in [6, 6.07) is 0.0934. The maximum atomic E-state index is 11.5. The highest BCUT2D eigenvalue weighted by Crippen LogP contribution is 1.97. The van der Waals surface area contributed by atoms with Crippen LogP contribution in [0.3, 0.4) is 0 Å². The third-order valence-corrected chi connectivity index (χ3v) is 1.79. The minimum atomic E-state index is -0.501. The normalized spacial score (nSPS) is 12.3. The van der Waals surface area contributed by atoms with Gasteiger partial charge < -0.3 is 15.4 Å². The molecular formula is C10H20N2O3. The summed E-state index contributed by atoms with van der Waals surface area (Å²) in [6.45, 7) is 5.66. The van der Waals surface area contributed by atoms with Gasteiger partial charge in [0.25, 0.3) is 0 Å². The fourth-order valence-corrected chi connectivity index (χ4v) is 1.11. The lowest BCUT2D eigenvalue weighted by molar-refractivity contribution is -0.132. The van der Waals surface area contributed by atoms with E-state index in [1.807, 2.05) is 13.8 Å². The van der Waals surface area contributed by atoms with Gasteiger partial charge in [0, 0.05) is 26.6 Å². The zero-order chi connectivity index (χ0) is 11.8. The number of rotatable bonds is 6. The van der Waals surface area contributed by atoms with Crippen LogP contribution in [0.2, 0.25) is 0 Å². The first-order valence-electron chi connectivity index (χ1n) is 5.05. The first kappa shape index (κ1) is 13.9. The van der Waals surface area contributed by atoms with Crippen molar-refractivity contribution in [2.24, 2.45) is 0 Å². The molecule has 5 nitrogen and oxygen atoms in total. The van der Waals surface area contributed by atoms with Crippen LogP contribution in [0, 0.1) is 0 Å². The molecule has 88 valence electrons. The number of hydrogen-bond acceptors (Lipinski definition) is 3. The Morgan fingerprint density at radius 1 is 1.33 bits per heavy atom. The van der Waals surface area contributed by atoms with Gasteiger partial charge in [-0.25, -0.2) is 0 Å². The smallest absolute Gasteiger partial charge is 0.249 e. The van der Waals surface area contributed by atoms with E-state index in [-0.39, 0.29) is 17.9 Å². The molecule has 0 aliphatic carbocycles. The number of amides is 2. The molecule has 2 N–H and O–H groups in total.